The first-order valence-corrected chi connectivity index (χ1v) is 6.49. The first-order chi connectivity index (χ1) is 8.42. The molecule has 2 aromatic rings. The summed E-state index contributed by atoms with van der Waals surface area (Å²) in [6.45, 7) is 0. The number of fused-ring (bicyclic) bond motifs is 3. The topological polar surface area (TPSA) is 28.7 Å². The van der Waals surface area contributed by atoms with Crippen molar-refractivity contribution >= 4 is 23.4 Å². The van der Waals surface area contributed by atoms with Gasteiger partial charge in [-0.05, 0) is 22.8 Å². The van der Waals surface area contributed by atoms with Crippen LogP contribution in [0.25, 0.3) is 11.6 Å². The molecular weight excluding hydrogens is 228 g/mol. The zero-order chi connectivity index (χ0) is 11.2. The van der Waals surface area contributed by atoms with E-state index in [0.717, 1.165) is 5.82 Å². The van der Waals surface area contributed by atoms with Crippen LogP contribution < -0.4 is 0 Å². The number of allylic oxidation sites excluding steroid dienone is 1. The predicted molar refractivity (Wildman–Crippen MR) is 71.3 cm³/mol. The Morgan fingerprint density at radius 2 is 2.18 bits per heavy atom. The summed E-state index contributed by atoms with van der Waals surface area (Å²) in [5, 5.41) is 0.333. The maximum Gasteiger partial charge on any atom is 0.123 e. The van der Waals surface area contributed by atoms with Crippen molar-refractivity contribution in [1.29, 1.82) is 0 Å². The van der Waals surface area contributed by atoms with Gasteiger partial charge in [0.15, 0.2) is 0 Å². The maximum absolute atomic E-state index is 4.33. The third-order valence-electron chi connectivity index (χ3n) is 3.16. The lowest BCUT2D eigenvalue weighted by Gasteiger charge is -2.02. The zero-order valence-electron chi connectivity index (χ0n) is 9.05. The Morgan fingerprint density at radius 3 is 3.06 bits per heavy atom. The maximum atomic E-state index is 4.33. The normalized spacial score (nSPS) is 20.8. The van der Waals surface area contributed by atoms with E-state index in [9.17, 15) is 0 Å². The van der Waals surface area contributed by atoms with Crippen LogP contribution in [-0.2, 0) is 0 Å². The Kier molecular flexibility index (Phi) is 1.85. The van der Waals surface area contributed by atoms with Gasteiger partial charge < -0.3 is 4.98 Å². The monoisotopic (exact) mass is 238 g/mol. The number of aromatic nitrogens is 2. The van der Waals surface area contributed by atoms with Gasteiger partial charge >= 0.3 is 0 Å². The van der Waals surface area contributed by atoms with Crippen LogP contribution in [0.4, 0.5) is 0 Å². The van der Waals surface area contributed by atoms with E-state index in [1.807, 2.05) is 24.2 Å². The van der Waals surface area contributed by atoms with Gasteiger partial charge in [0.1, 0.15) is 5.82 Å². The second kappa shape index (κ2) is 3.37. The van der Waals surface area contributed by atoms with Crippen molar-refractivity contribution in [2.45, 2.75) is 5.25 Å². The average Bonchev–Trinajstić information content (AvgIpc) is 3.03. The number of nitrogens with one attached hydrogen (secondary N) is 1. The number of H-pyrrole nitrogens is 1. The number of rotatable bonds is 1. The summed E-state index contributed by atoms with van der Waals surface area (Å²) in [5.74, 6) is 1.04. The Balaban J connectivity index is 1.80. The van der Waals surface area contributed by atoms with Gasteiger partial charge in [0, 0.05) is 17.3 Å². The molecule has 1 aromatic heterocycles. The lowest BCUT2D eigenvalue weighted by atomic mass is 10.1. The van der Waals surface area contributed by atoms with Crippen LogP contribution in [0.3, 0.4) is 0 Å². The predicted octanol–water partition coefficient (Wildman–Crippen LogP) is 3.64. The summed E-state index contributed by atoms with van der Waals surface area (Å²) in [6, 6.07) is 8.55. The van der Waals surface area contributed by atoms with Crippen molar-refractivity contribution in [3.63, 3.8) is 0 Å². The number of benzene rings is 1. The van der Waals surface area contributed by atoms with Gasteiger partial charge in [-0.1, -0.05) is 30.3 Å². The highest BCUT2D eigenvalue weighted by molar-refractivity contribution is 8.04. The summed E-state index contributed by atoms with van der Waals surface area (Å²) in [6.07, 6.45) is 8.27. The molecule has 1 N–H and O–H groups in total. The summed E-state index contributed by atoms with van der Waals surface area (Å²) >= 11 is 1.87. The molecular formula is C14H10N2S. The van der Waals surface area contributed by atoms with E-state index in [2.05, 4.69) is 46.4 Å². The van der Waals surface area contributed by atoms with Gasteiger partial charge in [0.25, 0.3) is 0 Å². The Labute approximate surface area is 103 Å². The van der Waals surface area contributed by atoms with Crippen molar-refractivity contribution in [1.82, 2.24) is 9.97 Å². The molecule has 0 saturated carbocycles. The van der Waals surface area contributed by atoms with Gasteiger partial charge in [-0.3, -0.25) is 0 Å². The summed E-state index contributed by atoms with van der Waals surface area (Å²) in [7, 11) is 0. The highest BCUT2D eigenvalue weighted by Gasteiger charge is 2.29. The molecule has 82 valence electrons. The van der Waals surface area contributed by atoms with E-state index in [4.69, 9.17) is 0 Å². The van der Waals surface area contributed by atoms with Gasteiger partial charge in [-0.2, -0.15) is 0 Å². The Bertz CT molecular complexity index is 638. The molecule has 0 saturated heterocycles. The van der Waals surface area contributed by atoms with Crippen molar-refractivity contribution in [2.24, 2.45) is 0 Å². The summed E-state index contributed by atoms with van der Waals surface area (Å²) < 4.78 is 0. The third kappa shape index (κ3) is 1.32. The second-order valence-electron chi connectivity index (χ2n) is 4.19. The lowest BCUT2D eigenvalue weighted by molar-refractivity contribution is 1.04. The first kappa shape index (κ1) is 9.31. The van der Waals surface area contributed by atoms with Crippen LogP contribution in [0, 0.1) is 0 Å². The molecule has 1 unspecified atom stereocenters. The van der Waals surface area contributed by atoms with Crippen LogP contribution in [0.15, 0.2) is 47.6 Å². The fourth-order valence-electron chi connectivity index (χ4n) is 2.38. The number of hydrogen-bond acceptors (Lipinski definition) is 2. The smallest absolute Gasteiger partial charge is 0.123 e. The molecule has 2 aliphatic rings. The van der Waals surface area contributed by atoms with E-state index in [-0.39, 0.29) is 0 Å². The number of thioether (sulfide) groups is 1. The Morgan fingerprint density at radius 1 is 1.24 bits per heavy atom. The fourth-order valence-corrected chi connectivity index (χ4v) is 3.60. The molecule has 0 fully saturated rings. The van der Waals surface area contributed by atoms with Crippen LogP contribution in [0.5, 0.6) is 0 Å². The lowest BCUT2D eigenvalue weighted by Crippen LogP contribution is -1.89. The van der Waals surface area contributed by atoms with E-state index in [1.165, 1.54) is 21.6 Å². The second-order valence-corrected chi connectivity index (χ2v) is 5.37. The highest BCUT2D eigenvalue weighted by atomic mass is 32.2. The van der Waals surface area contributed by atoms with Crippen molar-refractivity contribution in [3.8, 4) is 0 Å². The minimum atomic E-state index is 0.333. The van der Waals surface area contributed by atoms with Gasteiger partial charge in [-0.15, -0.1) is 11.8 Å². The molecule has 2 heterocycles. The number of aromatic amines is 1. The van der Waals surface area contributed by atoms with Crippen LogP contribution in [-0.4, -0.2) is 9.97 Å². The molecule has 2 nitrogen and oxygen atoms in total. The van der Waals surface area contributed by atoms with Gasteiger partial charge in [0.2, 0.25) is 0 Å². The minimum Gasteiger partial charge on any atom is -0.347 e. The third-order valence-corrected chi connectivity index (χ3v) is 4.37. The summed E-state index contributed by atoms with van der Waals surface area (Å²) in [4.78, 5) is 8.89. The van der Waals surface area contributed by atoms with Gasteiger partial charge in [0.05, 0.1) is 5.25 Å². The van der Waals surface area contributed by atoms with Crippen molar-refractivity contribution in [3.05, 3.63) is 64.6 Å². The average molecular weight is 238 g/mol. The molecule has 0 radical (unpaired) electrons. The van der Waals surface area contributed by atoms with Gasteiger partial charge in [-0.25, -0.2) is 4.98 Å². The minimum absolute atomic E-state index is 0.333. The van der Waals surface area contributed by atoms with E-state index < -0.39 is 0 Å². The van der Waals surface area contributed by atoms with Crippen molar-refractivity contribution < 1.29 is 0 Å². The van der Waals surface area contributed by atoms with E-state index in [0.29, 0.717) is 5.25 Å². The zero-order valence-corrected chi connectivity index (χ0v) is 9.87. The molecule has 0 amide bonds. The van der Waals surface area contributed by atoms with Crippen molar-refractivity contribution in [2.75, 3.05) is 0 Å². The number of hydrogen-bond donors (Lipinski definition) is 1. The molecule has 4 rings (SSSR count). The standard InChI is InChI=1S/C14H10N2S/c1-2-4-10-9(3-1)7-12-11(10)8-13(17-12)14-15-5-6-16-14/h1-8,13H,(H,15,16). The number of nitrogens with zero attached hydrogens (tertiary/aromatic N) is 1. The molecule has 1 aromatic carbocycles. The SMILES string of the molecule is C1=C2SC(c3ncc[nH]3)C=C2c2ccccc21. The molecule has 1 aliphatic carbocycles. The quantitative estimate of drug-likeness (QED) is 0.821. The molecule has 0 spiro atoms. The molecule has 3 heteroatoms. The van der Waals surface area contributed by atoms with E-state index >= 15 is 0 Å². The highest BCUT2D eigenvalue weighted by Crippen LogP contribution is 2.53. The molecule has 1 atom stereocenters. The summed E-state index contributed by atoms with van der Waals surface area (Å²) in [5.41, 5.74) is 4.05. The molecule has 17 heavy (non-hydrogen) atoms. The van der Waals surface area contributed by atoms with E-state index in [1.54, 1.807) is 0 Å². The van der Waals surface area contributed by atoms with Crippen LogP contribution in [0.1, 0.15) is 22.2 Å². The number of imidazole rings is 1. The van der Waals surface area contributed by atoms with Crippen LogP contribution in [0.2, 0.25) is 0 Å². The largest absolute Gasteiger partial charge is 0.347 e. The molecule has 0 bridgehead atoms. The fraction of sp³-hybridized carbons (Fsp3) is 0.0714. The Hall–Kier alpha value is -1.74. The van der Waals surface area contributed by atoms with Crippen LogP contribution >= 0.6 is 11.8 Å². The first-order valence-electron chi connectivity index (χ1n) is 5.61. The molecule has 1 aliphatic heterocycles.